The normalized spacial score (nSPS) is 17.6. The van der Waals surface area contributed by atoms with Gasteiger partial charge in [0, 0.05) is 17.1 Å². The first-order chi connectivity index (χ1) is 13.1. The van der Waals surface area contributed by atoms with Gasteiger partial charge in [-0.25, -0.2) is 4.99 Å². The van der Waals surface area contributed by atoms with Crippen LogP contribution in [0.2, 0.25) is 5.02 Å². The van der Waals surface area contributed by atoms with Gasteiger partial charge in [0.25, 0.3) is 0 Å². The van der Waals surface area contributed by atoms with Crippen LogP contribution >= 0.6 is 11.6 Å². The summed E-state index contributed by atoms with van der Waals surface area (Å²) in [5.41, 5.74) is 8.38. The molecule has 1 amide bonds. The molecule has 27 heavy (non-hydrogen) atoms. The third kappa shape index (κ3) is 3.63. The quantitative estimate of drug-likeness (QED) is 0.655. The summed E-state index contributed by atoms with van der Waals surface area (Å²) in [6.07, 6.45) is 1.79. The first-order valence-corrected chi connectivity index (χ1v) is 9.44. The molecule has 0 atom stereocenters. The van der Waals surface area contributed by atoms with E-state index in [1.54, 1.807) is 12.1 Å². The third-order valence-corrected chi connectivity index (χ3v) is 5.38. The van der Waals surface area contributed by atoms with Crippen LogP contribution in [0.15, 0.2) is 47.5 Å². The Morgan fingerprint density at radius 1 is 1.22 bits per heavy atom. The minimum Gasteiger partial charge on any atom is -0.371 e. The van der Waals surface area contributed by atoms with Gasteiger partial charge >= 0.3 is 0 Å². The van der Waals surface area contributed by atoms with E-state index in [0.29, 0.717) is 12.1 Å². The van der Waals surface area contributed by atoms with Crippen molar-refractivity contribution in [2.75, 3.05) is 18.4 Å². The van der Waals surface area contributed by atoms with Crippen molar-refractivity contribution in [2.24, 2.45) is 10.7 Å². The summed E-state index contributed by atoms with van der Waals surface area (Å²) in [5, 5.41) is 11.3. The number of amides is 1. The lowest BCUT2D eigenvalue weighted by atomic mass is 9.84. The van der Waals surface area contributed by atoms with E-state index in [4.69, 9.17) is 22.3 Å². The molecule has 0 bridgehead atoms. The highest BCUT2D eigenvalue weighted by molar-refractivity contribution is 6.30. The van der Waals surface area contributed by atoms with Gasteiger partial charge in [-0.15, -0.1) is 0 Å². The summed E-state index contributed by atoms with van der Waals surface area (Å²) in [6.45, 7) is 2.44. The number of carbonyl (C=O) groups excluding carboxylic acids is 1. The van der Waals surface area contributed by atoms with Crippen LogP contribution in [0.4, 0.5) is 11.4 Å². The summed E-state index contributed by atoms with van der Waals surface area (Å²) in [6, 6.07) is 13.1. The maximum atomic E-state index is 11.5. The minimum atomic E-state index is -0.437. The molecule has 2 aromatic carbocycles. The van der Waals surface area contributed by atoms with Crippen LogP contribution < -0.4 is 21.7 Å². The summed E-state index contributed by atoms with van der Waals surface area (Å²) in [4.78, 5) is 16.4. The summed E-state index contributed by atoms with van der Waals surface area (Å²) in [5.74, 6) is 0.483. The molecule has 0 radical (unpaired) electrons. The molecule has 2 aliphatic rings. The van der Waals surface area contributed by atoms with Crippen LogP contribution in [0.5, 0.6) is 0 Å². The molecule has 7 heteroatoms. The largest absolute Gasteiger partial charge is 0.371 e. The number of piperidine rings is 1. The molecule has 1 saturated heterocycles. The Morgan fingerprint density at radius 3 is 2.78 bits per heavy atom. The maximum Gasteiger partial charge on any atom is 0.248 e. The minimum absolute atomic E-state index is 0.285. The number of anilines is 1. The van der Waals surface area contributed by atoms with Crippen molar-refractivity contribution >= 4 is 34.7 Å². The first kappa shape index (κ1) is 17.8. The number of hydrogen-bond acceptors (Lipinski definition) is 5. The molecule has 5 N–H and O–H groups in total. The fraction of sp³-hybridized carbons (Fsp3) is 0.300. The lowest BCUT2D eigenvalue weighted by Gasteiger charge is -2.43. The highest BCUT2D eigenvalue weighted by atomic mass is 35.5. The number of amidine groups is 1. The maximum absolute atomic E-state index is 11.5. The van der Waals surface area contributed by atoms with Crippen LogP contribution in [0.1, 0.15) is 28.8 Å². The second kappa shape index (κ2) is 7.21. The average molecular weight is 384 g/mol. The monoisotopic (exact) mass is 383 g/mol. The van der Waals surface area contributed by atoms with E-state index in [2.05, 4.69) is 16.0 Å². The van der Waals surface area contributed by atoms with Gasteiger partial charge in [0.2, 0.25) is 5.91 Å². The van der Waals surface area contributed by atoms with Crippen molar-refractivity contribution in [1.82, 2.24) is 10.6 Å². The van der Waals surface area contributed by atoms with Crippen molar-refractivity contribution in [3.63, 3.8) is 0 Å². The lowest BCUT2D eigenvalue weighted by molar-refractivity contribution is 0.100. The molecule has 140 valence electrons. The molecule has 0 saturated carbocycles. The molecule has 1 fully saturated rings. The number of aliphatic imine (C=N–C) groups is 1. The number of fused-ring (bicyclic) bond motifs is 1. The molecular formula is C20H22ClN5O. The summed E-state index contributed by atoms with van der Waals surface area (Å²) >= 11 is 6.10. The van der Waals surface area contributed by atoms with Gasteiger partial charge in [-0.3, -0.25) is 4.79 Å². The van der Waals surface area contributed by atoms with Crippen LogP contribution in [0.3, 0.4) is 0 Å². The van der Waals surface area contributed by atoms with Crippen LogP contribution in [0.25, 0.3) is 0 Å². The topological polar surface area (TPSA) is 91.5 Å². The van der Waals surface area contributed by atoms with E-state index in [9.17, 15) is 4.79 Å². The number of nitrogens with zero attached hydrogens (tertiary/aromatic N) is 1. The van der Waals surface area contributed by atoms with Gasteiger partial charge in [-0.2, -0.15) is 0 Å². The molecular weight excluding hydrogens is 362 g/mol. The zero-order chi connectivity index (χ0) is 18.9. The van der Waals surface area contributed by atoms with Gasteiger partial charge in [-0.05, 0) is 61.8 Å². The zero-order valence-corrected chi connectivity index (χ0v) is 15.6. The number of halogens is 1. The number of nitrogens with two attached hydrogens (primary N) is 1. The van der Waals surface area contributed by atoms with Gasteiger partial charge in [0.1, 0.15) is 5.84 Å². The highest BCUT2D eigenvalue weighted by Gasteiger charge is 2.40. The van der Waals surface area contributed by atoms with E-state index in [0.717, 1.165) is 53.7 Å². The van der Waals surface area contributed by atoms with Crippen molar-refractivity contribution < 1.29 is 4.79 Å². The van der Waals surface area contributed by atoms with Crippen molar-refractivity contribution in [3.05, 3.63) is 58.6 Å². The summed E-state index contributed by atoms with van der Waals surface area (Å²) < 4.78 is 0. The molecule has 2 heterocycles. The van der Waals surface area contributed by atoms with Crippen molar-refractivity contribution in [2.45, 2.75) is 24.9 Å². The molecule has 1 spiro atoms. The number of benzene rings is 2. The Morgan fingerprint density at radius 2 is 2.04 bits per heavy atom. The first-order valence-electron chi connectivity index (χ1n) is 9.06. The number of primary amides is 1. The Balaban J connectivity index is 1.66. The smallest absolute Gasteiger partial charge is 0.248 e. The SMILES string of the molecule is NC(=O)c1ccc2c(c1)NC1(CCNCC1)C(NCc1cccc(Cl)c1)=N2. The molecule has 0 unspecified atom stereocenters. The number of carbonyl (C=O) groups is 1. The van der Waals surface area contributed by atoms with Crippen LogP contribution in [-0.2, 0) is 6.54 Å². The highest BCUT2D eigenvalue weighted by Crippen LogP contribution is 2.37. The Bertz CT molecular complexity index is 905. The fourth-order valence-corrected chi connectivity index (χ4v) is 3.90. The third-order valence-electron chi connectivity index (χ3n) is 5.15. The zero-order valence-electron chi connectivity index (χ0n) is 14.9. The van der Waals surface area contributed by atoms with Crippen LogP contribution in [-0.4, -0.2) is 30.4 Å². The number of hydrogen-bond donors (Lipinski definition) is 4. The molecule has 0 aromatic heterocycles. The van der Waals surface area contributed by atoms with Gasteiger partial charge in [-0.1, -0.05) is 23.7 Å². The Hall–Kier alpha value is -2.57. The number of nitrogens with one attached hydrogen (secondary N) is 3. The second-order valence-electron chi connectivity index (χ2n) is 7.00. The van der Waals surface area contributed by atoms with E-state index < -0.39 is 5.91 Å². The Kier molecular flexibility index (Phi) is 4.76. The van der Waals surface area contributed by atoms with E-state index in [1.807, 2.05) is 30.3 Å². The molecule has 6 nitrogen and oxygen atoms in total. The van der Waals surface area contributed by atoms with Gasteiger partial charge in [0.05, 0.1) is 16.9 Å². The van der Waals surface area contributed by atoms with Crippen molar-refractivity contribution in [3.8, 4) is 0 Å². The molecule has 2 aromatic rings. The second-order valence-corrected chi connectivity index (χ2v) is 7.43. The van der Waals surface area contributed by atoms with E-state index in [-0.39, 0.29) is 5.54 Å². The predicted octanol–water partition coefficient (Wildman–Crippen LogP) is 2.81. The van der Waals surface area contributed by atoms with Gasteiger partial charge < -0.3 is 21.7 Å². The molecule has 2 aliphatic heterocycles. The Labute approximate surface area is 163 Å². The summed E-state index contributed by atoms with van der Waals surface area (Å²) in [7, 11) is 0. The predicted molar refractivity (Wildman–Crippen MR) is 109 cm³/mol. The van der Waals surface area contributed by atoms with Gasteiger partial charge in [0.15, 0.2) is 0 Å². The lowest BCUT2D eigenvalue weighted by Crippen LogP contribution is -2.58. The average Bonchev–Trinajstić information content (AvgIpc) is 2.66. The van der Waals surface area contributed by atoms with Crippen LogP contribution in [0, 0.1) is 0 Å². The molecule has 4 rings (SSSR count). The fourth-order valence-electron chi connectivity index (χ4n) is 3.69. The standard InChI is InChI=1S/C20H22ClN5O/c21-15-3-1-2-13(10-15)12-24-19-20(6-8-23-9-7-20)26-17-11-14(18(22)27)4-5-16(17)25-19/h1-5,10-11,23,26H,6-9,12H2,(H2,22,27)(H,24,25). The van der Waals surface area contributed by atoms with Crippen molar-refractivity contribution in [1.29, 1.82) is 0 Å². The molecule has 0 aliphatic carbocycles. The van der Waals surface area contributed by atoms with E-state index in [1.165, 1.54) is 0 Å². The number of rotatable bonds is 3. The van der Waals surface area contributed by atoms with E-state index >= 15 is 0 Å².